The van der Waals surface area contributed by atoms with Gasteiger partial charge in [-0.2, -0.15) is 0 Å². The molecule has 0 amide bonds. The summed E-state index contributed by atoms with van der Waals surface area (Å²) < 4.78 is 4.83. The molecular formula is C20H24O. The molecule has 0 aromatic heterocycles. The molecule has 0 saturated carbocycles. The van der Waals surface area contributed by atoms with Crippen molar-refractivity contribution < 1.29 is 4.74 Å². The minimum Gasteiger partial charge on any atom is -0.382 e. The number of hydrogen-bond acceptors (Lipinski definition) is 1. The van der Waals surface area contributed by atoms with Crippen LogP contribution >= 0.6 is 0 Å². The third kappa shape index (κ3) is 3.62. The average Bonchev–Trinajstić information content (AvgIpc) is 2.52. The molecule has 1 aliphatic rings. The summed E-state index contributed by atoms with van der Waals surface area (Å²) in [7, 11) is 0. The van der Waals surface area contributed by atoms with E-state index >= 15 is 0 Å². The summed E-state index contributed by atoms with van der Waals surface area (Å²) in [6.07, 6.45) is 7.55. The molecule has 2 aromatic carbocycles. The van der Waals surface area contributed by atoms with Gasteiger partial charge in [-0.15, -0.1) is 6.58 Å². The van der Waals surface area contributed by atoms with Gasteiger partial charge in [0.2, 0.25) is 0 Å². The molecule has 0 bridgehead atoms. The molecule has 0 spiro atoms. The predicted molar refractivity (Wildman–Crippen MR) is 92.7 cm³/mol. The van der Waals surface area contributed by atoms with Crippen molar-refractivity contribution in [2.45, 2.75) is 26.2 Å². The van der Waals surface area contributed by atoms with Crippen LogP contribution < -0.4 is 0 Å². The van der Waals surface area contributed by atoms with E-state index in [4.69, 9.17) is 4.74 Å². The third-order valence-corrected chi connectivity index (χ3v) is 3.71. The fraction of sp³-hybridized carbons (Fsp3) is 0.300. The second kappa shape index (κ2) is 7.80. The van der Waals surface area contributed by atoms with Gasteiger partial charge < -0.3 is 4.74 Å². The van der Waals surface area contributed by atoms with Gasteiger partial charge in [0, 0.05) is 19.1 Å². The topological polar surface area (TPSA) is 9.23 Å². The Morgan fingerprint density at radius 1 is 1.10 bits per heavy atom. The lowest BCUT2D eigenvalue weighted by Crippen LogP contribution is -2.00. The SMILES string of the molecule is C=CCC1C=Cc2cccc3cccc1c23.CCOCC. The molecule has 0 fully saturated rings. The fourth-order valence-corrected chi connectivity index (χ4v) is 2.76. The minimum absolute atomic E-state index is 0.496. The highest BCUT2D eigenvalue weighted by Gasteiger charge is 2.15. The highest BCUT2D eigenvalue weighted by molar-refractivity contribution is 5.95. The fourth-order valence-electron chi connectivity index (χ4n) is 2.76. The van der Waals surface area contributed by atoms with Crippen LogP contribution in [0.2, 0.25) is 0 Å². The van der Waals surface area contributed by atoms with Gasteiger partial charge >= 0.3 is 0 Å². The zero-order valence-electron chi connectivity index (χ0n) is 13.0. The van der Waals surface area contributed by atoms with E-state index in [2.05, 4.69) is 55.1 Å². The van der Waals surface area contributed by atoms with E-state index in [1.54, 1.807) is 0 Å². The Balaban J connectivity index is 0.000000282. The summed E-state index contributed by atoms with van der Waals surface area (Å²) in [5.74, 6) is 0.496. The van der Waals surface area contributed by atoms with Gasteiger partial charge in [-0.25, -0.2) is 0 Å². The van der Waals surface area contributed by atoms with E-state index in [1.807, 2.05) is 19.9 Å². The summed E-state index contributed by atoms with van der Waals surface area (Å²) in [6.45, 7) is 9.51. The zero-order chi connectivity index (χ0) is 15.1. The molecule has 0 heterocycles. The average molecular weight is 280 g/mol. The number of benzene rings is 2. The van der Waals surface area contributed by atoms with Gasteiger partial charge in [0.25, 0.3) is 0 Å². The van der Waals surface area contributed by atoms with Crippen LogP contribution in [0.4, 0.5) is 0 Å². The van der Waals surface area contributed by atoms with E-state index < -0.39 is 0 Å². The first kappa shape index (κ1) is 15.5. The standard InChI is InChI=1S/C16H14.C4H10O/c1-2-5-12-10-11-14-7-3-6-13-8-4-9-15(12)16(13)14;1-3-5-4-2/h2-4,6-12H,1,5H2;3-4H2,1-2H3. The largest absolute Gasteiger partial charge is 0.382 e. The van der Waals surface area contributed by atoms with Crippen LogP contribution in [0.3, 0.4) is 0 Å². The zero-order valence-corrected chi connectivity index (χ0v) is 13.0. The second-order valence-electron chi connectivity index (χ2n) is 5.06. The van der Waals surface area contributed by atoms with Crippen LogP contribution in [0.25, 0.3) is 16.8 Å². The Morgan fingerprint density at radius 2 is 1.81 bits per heavy atom. The molecule has 0 radical (unpaired) electrons. The quantitative estimate of drug-likeness (QED) is 0.665. The van der Waals surface area contributed by atoms with Crippen molar-refractivity contribution in [3.63, 3.8) is 0 Å². The first-order valence-electron chi connectivity index (χ1n) is 7.70. The summed E-state index contributed by atoms with van der Waals surface area (Å²) in [5.41, 5.74) is 2.78. The maximum Gasteiger partial charge on any atom is 0.0437 e. The molecule has 110 valence electrons. The van der Waals surface area contributed by atoms with Gasteiger partial charge in [0.05, 0.1) is 0 Å². The van der Waals surface area contributed by atoms with Crippen molar-refractivity contribution in [1.82, 2.24) is 0 Å². The highest BCUT2D eigenvalue weighted by atomic mass is 16.5. The van der Waals surface area contributed by atoms with Gasteiger partial charge in [0.1, 0.15) is 0 Å². The van der Waals surface area contributed by atoms with Crippen molar-refractivity contribution in [2.75, 3.05) is 13.2 Å². The first-order chi connectivity index (χ1) is 10.3. The molecule has 21 heavy (non-hydrogen) atoms. The summed E-state index contributed by atoms with van der Waals surface area (Å²) in [6, 6.07) is 13.1. The summed E-state index contributed by atoms with van der Waals surface area (Å²) in [4.78, 5) is 0. The Hall–Kier alpha value is -1.86. The Bertz CT molecular complexity index is 618. The van der Waals surface area contributed by atoms with Gasteiger partial charge in [-0.05, 0) is 42.2 Å². The van der Waals surface area contributed by atoms with Crippen LogP contribution in [-0.4, -0.2) is 13.2 Å². The number of allylic oxidation sites excluding steroid dienone is 2. The molecular weight excluding hydrogens is 256 g/mol. The van der Waals surface area contributed by atoms with Crippen LogP contribution in [0.5, 0.6) is 0 Å². The number of rotatable bonds is 4. The monoisotopic (exact) mass is 280 g/mol. The number of hydrogen-bond donors (Lipinski definition) is 0. The van der Waals surface area contributed by atoms with Crippen LogP contribution in [0.15, 0.2) is 55.1 Å². The van der Waals surface area contributed by atoms with E-state index in [1.165, 1.54) is 21.9 Å². The highest BCUT2D eigenvalue weighted by Crippen LogP contribution is 2.36. The molecule has 0 N–H and O–H groups in total. The third-order valence-electron chi connectivity index (χ3n) is 3.71. The molecule has 1 heteroatoms. The van der Waals surface area contributed by atoms with E-state index in [9.17, 15) is 0 Å². The van der Waals surface area contributed by atoms with Crippen molar-refractivity contribution in [2.24, 2.45) is 0 Å². The van der Waals surface area contributed by atoms with Gasteiger partial charge in [-0.3, -0.25) is 0 Å². The molecule has 1 unspecified atom stereocenters. The van der Waals surface area contributed by atoms with Crippen molar-refractivity contribution in [3.8, 4) is 0 Å². The van der Waals surface area contributed by atoms with Crippen LogP contribution in [0.1, 0.15) is 37.3 Å². The first-order valence-corrected chi connectivity index (χ1v) is 7.70. The summed E-state index contributed by atoms with van der Waals surface area (Å²) in [5, 5.41) is 2.76. The lowest BCUT2D eigenvalue weighted by molar-refractivity contribution is 0.162. The lowest BCUT2D eigenvalue weighted by Gasteiger charge is -2.20. The van der Waals surface area contributed by atoms with Gasteiger partial charge in [0.15, 0.2) is 0 Å². The predicted octanol–water partition coefficient (Wildman–Crippen LogP) is 5.57. The van der Waals surface area contributed by atoms with E-state index in [0.29, 0.717) is 5.92 Å². The normalized spacial score (nSPS) is 15.4. The maximum atomic E-state index is 4.83. The van der Waals surface area contributed by atoms with Crippen molar-refractivity contribution in [3.05, 3.63) is 66.3 Å². The minimum atomic E-state index is 0.496. The molecule has 1 aliphatic carbocycles. The second-order valence-corrected chi connectivity index (χ2v) is 5.06. The van der Waals surface area contributed by atoms with Gasteiger partial charge in [-0.1, -0.05) is 54.6 Å². The maximum absolute atomic E-state index is 4.83. The molecule has 2 aromatic rings. The Kier molecular flexibility index (Phi) is 5.77. The molecule has 1 atom stereocenters. The van der Waals surface area contributed by atoms with Crippen molar-refractivity contribution in [1.29, 1.82) is 0 Å². The smallest absolute Gasteiger partial charge is 0.0437 e. The molecule has 1 nitrogen and oxygen atoms in total. The number of ether oxygens (including phenoxy) is 1. The summed E-state index contributed by atoms with van der Waals surface area (Å²) >= 11 is 0. The van der Waals surface area contributed by atoms with Crippen LogP contribution in [0, 0.1) is 0 Å². The Labute approximate surface area is 127 Å². The lowest BCUT2D eigenvalue weighted by atomic mass is 9.84. The molecule has 0 saturated heterocycles. The molecule has 3 rings (SSSR count). The van der Waals surface area contributed by atoms with E-state index in [0.717, 1.165) is 19.6 Å². The Morgan fingerprint density at radius 3 is 2.43 bits per heavy atom. The van der Waals surface area contributed by atoms with E-state index in [-0.39, 0.29) is 0 Å². The van der Waals surface area contributed by atoms with Crippen molar-refractivity contribution >= 4 is 16.8 Å². The molecule has 0 aliphatic heterocycles. The van der Waals surface area contributed by atoms with Crippen LogP contribution in [-0.2, 0) is 4.74 Å².